The van der Waals surface area contributed by atoms with Crippen LogP contribution >= 0.6 is 0 Å². The predicted octanol–water partition coefficient (Wildman–Crippen LogP) is 6.60. The first-order valence-electron chi connectivity index (χ1n) is 14.6. The molecule has 2 aromatic rings. The van der Waals surface area contributed by atoms with E-state index >= 15 is 0 Å². The van der Waals surface area contributed by atoms with Gasteiger partial charge in [0.25, 0.3) is 5.91 Å². The Morgan fingerprint density at radius 3 is 2.53 bits per heavy atom. The number of alkyl halides is 1. The third-order valence-corrected chi connectivity index (χ3v) is 7.62. The van der Waals surface area contributed by atoms with Crippen LogP contribution in [-0.2, 0) is 20.7 Å². The van der Waals surface area contributed by atoms with Crippen molar-refractivity contribution in [3.05, 3.63) is 94.9 Å². The minimum absolute atomic E-state index is 0.00437. The van der Waals surface area contributed by atoms with Gasteiger partial charge < -0.3 is 20.3 Å². The summed E-state index contributed by atoms with van der Waals surface area (Å²) in [5, 5.41) is 5.72. The van der Waals surface area contributed by atoms with E-state index in [9.17, 15) is 18.4 Å². The number of hydrogen-bond donors (Lipinski definition) is 2. The second-order valence-electron chi connectivity index (χ2n) is 10.3. The Bertz CT molecular complexity index is 1370. The molecular formula is C34H42F2N4O3. The lowest BCUT2D eigenvalue weighted by atomic mass is 9.95. The normalized spacial score (nSPS) is 19.4. The first-order chi connectivity index (χ1) is 20.8. The molecule has 7 nitrogen and oxygen atoms in total. The van der Waals surface area contributed by atoms with E-state index in [1.165, 1.54) is 23.8 Å². The molecule has 1 aliphatic heterocycles. The Morgan fingerprint density at radius 2 is 1.95 bits per heavy atom. The molecule has 1 aliphatic carbocycles. The van der Waals surface area contributed by atoms with Gasteiger partial charge in [0.2, 0.25) is 6.41 Å². The van der Waals surface area contributed by atoms with Gasteiger partial charge in [-0.1, -0.05) is 50.3 Å². The number of carbonyl (C=O) groups excluding carboxylic acids is 2. The quantitative estimate of drug-likeness (QED) is 0.227. The van der Waals surface area contributed by atoms with Gasteiger partial charge >= 0.3 is 0 Å². The van der Waals surface area contributed by atoms with Crippen molar-refractivity contribution < 1.29 is 23.1 Å². The smallest absolute Gasteiger partial charge is 0.250 e. The van der Waals surface area contributed by atoms with Gasteiger partial charge in [0.05, 0.1) is 17.1 Å². The van der Waals surface area contributed by atoms with Crippen molar-refractivity contribution in [2.45, 2.75) is 58.4 Å². The van der Waals surface area contributed by atoms with Gasteiger partial charge in [0.1, 0.15) is 18.6 Å². The third-order valence-electron chi connectivity index (χ3n) is 7.62. The molecule has 2 aliphatic rings. The molecule has 230 valence electrons. The Balaban J connectivity index is 0.000000386. The number of ether oxygens (including phenoxy) is 1. The molecule has 1 heterocycles. The minimum atomic E-state index is -0.984. The maximum absolute atomic E-state index is 13.5. The molecule has 3 atom stereocenters. The molecule has 2 amide bonds. The fourth-order valence-electron chi connectivity index (χ4n) is 4.96. The average Bonchev–Trinajstić information content (AvgIpc) is 3.39. The molecule has 0 aromatic heterocycles. The lowest BCUT2D eigenvalue weighted by Crippen LogP contribution is -2.39. The van der Waals surface area contributed by atoms with Crippen LogP contribution in [0.3, 0.4) is 0 Å². The Morgan fingerprint density at radius 1 is 1.21 bits per heavy atom. The number of halogens is 2. The number of benzene rings is 2. The summed E-state index contributed by atoms with van der Waals surface area (Å²) in [4.78, 5) is 29.5. The SMILES string of the molecule is C/C=C(\C(=NC)C1=CCC(F)C=C1)C1OCC(=O)N1CCc1ccc(NC=O)c(NC)c1.CCC(C)c1ccc(F)cc1. The molecule has 1 fully saturated rings. The lowest BCUT2D eigenvalue weighted by Gasteiger charge is -2.27. The number of rotatable bonds is 11. The molecule has 4 rings (SSSR count). The first kappa shape index (κ1) is 33.4. The minimum Gasteiger partial charge on any atom is -0.386 e. The standard InChI is InChI=1S/C24H29FN4O3.C10H13F/c1-4-19(23(27-3)17-6-8-18(25)9-7-17)24-29(22(31)14-32-24)12-11-16-5-10-20(28-15-30)21(13-16)26-2;1-3-8(2)9-4-6-10(11)7-5-9/h4-8,10,13,15,18,24,26H,9,11-12,14H2,1-3H3,(H,28,30);4-8H,3H2,1-2H3/b19-4+,27-23?;. The van der Waals surface area contributed by atoms with Crippen LogP contribution in [0.25, 0.3) is 0 Å². The van der Waals surface area contributed by atoms with Crippen LogP contribution in [0.2, 0.25) is 0 Å². The summed E-state index contributed by atoms with van der Waals surface area (Å²) in [7, 11) is 3.47. The predicted molar refractivity (Wildman–Crippen MR) is 170 cm³/mol. The van der Waals surface area contributed by atoms with Crippen molar-refractivity contribution in [3.63, 3.8) is 0 Å². The highest BCUT2D eigenvalue weighted by Gasteiger charge is 2.36. The van der Waals surface area contributed by atoms with E-state index in [-0.39, 0.29) is 18.3 Å². The highest BCUT2D eigenvalue weighted by molar-refractivity contribution is 6.15. The molecule has 0 spiro atoms. The molecule has 43 heavy (non-hydrogen) atoms. The number of carbonyl (C=O) groups is 2. The Labute approximate surface area is 253 Å². The van der Waals surface area contributed by atoms with Crippen LogP contribution < -0.4 is 10.6 Å². The van der Waals surface area contributed by atoms with Gasteiger partial charge in [-0.2, -0.15) is 0 Å². The number of amides is 2. The summed E-state index contributed by atoms with van der Waals surface area (Å²) in [6.07, 6.45) is 8.10. The number of nitrogens with zero attached hydrogens (tertiary/aromatic N) is 2. The van der Waals surface area contributed by atoms with Gasteiger partial charge in [-0.3, -0.25) is 14.6 Å². The van der Waals surface area contributed by atoms with Crippen molar-refractivity contribution in [3.8, 4) is 0 Å². The number of aliphatic imine (C=N–C) groups is 1. The molecule has 2 N–H and O–H groups in total. The average molecular weight is 593 g/mol. The topological polar surface area (TPSA) is 83.0 Å². The van der Waals surface area contributed by atoms with E-state index in [4.69, 9.17) is 4.74 Å². The molecule has 0 saturated carbocycles. The number of allylic oxidation sites excluding steroid dienone is 5. The summed E-state index contributed by atoms with van der Waals surface area (Å²) in [5.74, 6) is 0.294. The number of anilines is 2. The molecule has 0 bridgehead atoms. The van der Waals surface area contributed by atoms with Gasteiger partial charge in [-0.15, -0.1) is 0 Å². The fraction of sp³-hybridized carbons (Fsp3) is 0.382. The summed E-state index contributed by atoms with van der Waals surface area (Å²) in [6, 6.07) is 12.4. The fourth-order valence-corrected chi connectivity index (χ4v) is 4.96. The van der Waals surface area contributed by atoms with Crippen molar-refractivity contribution in [1.82, 2.24) is 4.90 Å². The molecule has 1 saturated heterocycles. The summed E-state index contributed by atoms with van der Waals surface area (Å²) in [5.41, 5.74) is 6.03. The van der Waals surface area contributed by atoms with E-state index in [0.717, 1.165) is 28.8 Å². The van der Waals surface area contributed by atoms with Crippen LogP contribution in [0, 0.1) is 5.82 Å². The van der Waals surface area contributed by atoms with E-state index in [2.05, 4.69) is 29.5 Å². The van der Waals surface area contributed by atoms with Gasteiger partial charge in [-0.05, 0) is 72.7 Å². The van der Waals surface area contributed by atoms with Crippen LogP contribution in [-0.4, -0.2) is 62.6 Å². The second kappa shape index (κ2) is 16.5. The zero-order valence-corrected chi connectivity index (χ0v) is 25.6. The van der Waals surface area contributed by atoms with E-state index in [1.807, 2.05) is 49.4 Å². The monoisotopic (exact) mass is 592 g/mol. The Kier molecular flexibility index (Phi) is 12.8. The summed E-state index contributed by atoms with van der Waals surface area (Å²) < 4.78 is 31.8. The zero-order valence-electron chi connectivity index (χ0n) is 25.6. The van der Waals surface area contributed by atoms with Crippen molar-refractivity contribution in [1.29, 1.82) is 0 Å². The first-order valence-corrected chi connectivity index (χ1v) is 14.6. The molecule has 9 heteroatoms. The van der Waals surface area contributed by atoms with Crippen LogP contribution in [0.4, 0.5) is 20.2 Å². The van der Waals surface area contributed by atoms with Crippen LogP contribution in [0.1, 0.15) is 50.7 Å². The van der Waals surface area contributed by atoms with Crippen molar-refractivity contribution in [2.24, 2.45) is 4.99 Å². The molecular weight excluding hydrogens is 550 g/mol. The highest BCUT2D eigenvalue weighted by Crippen LogP contribution is 2.27. The maximum atomic E-state index is 13.5. The van der Waals surface area contributed by atoms with E-state index in [1.54, 1.807) is 25.1 Å². The van der Waals surface area contributed by atoms with Crippen LogP contribution in [0.15, 0.2) is 82.9 Å². The zero-order chi connectivity index (χ0) is 31.4. The molecule has 3 unspecified atom stereocenters. The van der Waals surface area contributed by atoms with Crippen molar-refractivity contribution >= 4 is 29.4 Å². The second-order valence-corrected chi connectivity index (χ2v) is 10.3. The lowest BCUT2D eigenvalue weighted by molar-refractivity contribution is -0.127. The molecule has 0 radical (unpaired) electrons. The largest absolute Gasteiger partial charge is 0.386 e. The van der Waals surface area contributed by atoms with Gasteiger partial charge in [0.15, 0.2) is 6.23 Å². The van der Waals surface area contributed by atoms with E-state index < -0.39 is 12.4 Å². The summed E-state index contributed by atoms with van der Waals surface area (Å²) >= 11 is 0. The molecule has 2 aromatic carbocycles. The summed E-state index contributed by atoms with van der Waals surface area (Å²) in [6.45, 7) is 6.63. The number of hydrogen-bond acceptors (Lipinski definition) is 5. The highest BCUT2D eigenvalue weighted by atomic mass is 19.1. The number of nitrogens with one attached hydrogen (secondary N) is 2. The van der Waals surface area contributed by atoms with Crippen LogP contribution in [0.5, 0.6) is 0 Å². The van der Waals surface area contributed by atoms with E-state index in [0.29, 0.717) is 43.1 Å². The van der Waals surface area contributed by atoms with Gasteiger partial charge in [0, 0.05) is 32.6 Å². The van der Waals surface area contributed by atoms with Gasteiger partial charge in [-0.25, -0.2) is 8.78 Å². The maximum Gasteiger partial charge on any atom is 0.250 e. The van der Waals surface area contributed by atoms with Crippen molar-refractivity contribution in [2.75, 3.05) is 37.9 Å². The third kappa shape index (κ3) is 8.94. The Hall–Kier alpha value is -4.11.